The maximum atomic E-state index is 11.5. The summed E-state index contributed by atoms with van der Waals surface area (Å²) in [6, 6.07) is 12.8. The Morgan fingerprint density at radius 3 is 2.14 bits per heavy atom. The van der Waals surface area contributed by atoms with Crippen molar-refractivity contribution in [2.75, 3.05) is 0 Å². The summed E-state index contributed by atoms with van der Waals surface area (Å²) < 4.78 is 5.79. The number of Topliss-reactive ketones (excluding diaryl/α,β-unsaturated/α-hetero) is 1. The summed E-state index contributed by atoms with van der Waals surface area (Å²) in [5, 5.41) is 8.76. The van der Waals surface area contributed by atoms with Crippen LogP contribution in [0.2, 0.25) is 0 Å². The number of ether oxygens (including phenoxy) is 1. The largest absolute Gasteiger partial charge is 0.488 e. The van der Waals surface area contributed by atoms with Gasteiger partial charge in [-0.05, 0) is 42.7 Å². The van der Waals surface area contributed by atoms with Crippen LogP contribution in [0, 0.1) is 13.8 Å². The monoisotopic (exact) mass is 284 g/mol. The summed E-state index contributed by atoms with van der Waals surface area (Å²) in [6.45, 7) is 4.02. The van der Waals surface area contributed by atoms with Crippen molar-refractivity contribution < 1.29 is 19.4 Å². The van der Waals surface area contributed by atoms with Gasteiger partial charge in [-0.15, -0.1) is 0 Å². The van der Waals surface area contributed by atoms with Crippen LogP contribution >= 0.6 is 0 Å². The third kappa shape index (κ3) is 3.48. The molecule has 0 unspecified atom stereocenters. The zero-order chi connectivity index (χ0) is 15.4. The summed E-state index contributed by atoms with van der Waals surface area (Å²) in [5.41, 5.74) is 2.71. The number of carbonyl (C=O) groups excluding carboxylic acids is 1. The zero-order valence-corrected chi connectivity index (χ0v) is 11.9. The third-order valence-corrected chi connectivity index (χ3v) is 3.14. The molecule has 0 fully saturated rings. The van der Waals surface area contributed by atoms with Crippen molar-refractivity contribution in [3.8, 4) is 5.75 Å². The Balaban J connectivity index is 2.21. The van der Waals surface area contributed by atoms with Gasteiger partial charge in [-0.3, -0.25) is 4.79 Å². The minimum atomic E-state index is -1.45. The van der Waals surface area contributed by atoms with Crippen molar-refractivity contribution in [3.05, 3.63) is 64.7 Å². The Morgan fingerprint density at radius 2 is 1.62 bits per heavy atom. The van der Waals surface area contributed by atoms with Crippen LogP contribution in [0.4, 0.5) is 0 Å². The van der Waals surface area contributed by atoms with Crippen molar-refractivity contribution in [3.63, 3.8) is 0 Å². The number of hydrogen-bond acceptors (Lipinski definition) is 3. The second kappa shape index (κ2) is 6.22. The Labute approximate surface area is 123 Å². The molecule has 2 aromatic rings. The Morgan fingerprint density at radius 1 is 1.05 bits per heavy atom. The Kier molecular flexibility index (Phi) is 4.38. The molecule has 108 valence electrons. The molecule has 0 aliphatic carbocycles. The van der Waals surface area contributed by atoms with Gasteiger partial charge in [0.05, 0.1) is 0 Å². The zero-order valence-electron chi connectivity index (χ0n) is 11.9. The highest BCUT2D eigenvalue weighted by molar-refractivity contribution is 6.39. The van der Waals surface area contributed by atoms with Gasteiger partial charge in [-0.2, -0.15) is 0 Å². The molecule has 4 heteroatoms. The van der Waals surface area contributed by atoms with Crippen LogP contribution in [0.1, 0.15) is 27.0 Å². The minimum Gasteiger partial charge on any atom is -0.488 e. The van der Waals surface area contributed by atoms with E-state index in [0.717, 1.165) is 16.7 Å². The van der Waals surface area contributed by atoms with Crippen molar-refractivity contribution in [2.24, 2.45) is 0 Å². The molecule has 2 aromatic carbocycles. The first-order valence-electron chi connectivity index (χ1n) is 6.54. The maximum Gasteiger partial charge on any atom is 0.377 e. The van der Waals surface area contributed by atoms with E-state index in [9.17, 15) is 9.59 Å². The molecular weight excluding hydrogens is 268 g/mol. The van der Waals surface area contributed by atoms with E-state index in [1.54, 1.807) is 26.0 Å². The van der Waals surface area contributed by atoms with Crippen LogP contribution in [0.25, 0.3) is 0 Å². The molecule has 0 saturated carbocycles. The molecule has 4 nitrogen and oxygen atoms in total. The molecule has 21 heavy (non-hydrogen) atoms. The maximum absolute atomic E-state index is 11.5. The molecular formula is C17H16O4. The van der Waals surface area contributed by atoms with Gasteiger partial charge < -0.3 is 9.84 Å². The van der Waals surface area contributed by atoms with Crippen molar-refractivity contribution in [1.29, 1.82) is 0 Å². The van der Waals surface area contributed by atoms with E-state index in [1.165, 1.54) is 0 Å². The highest BCUT2D eigenvalue weighted by Crippen LogP contribution is 2.26. The van der Waals surface area contributed by atoms with Gasteiger partial charge in [-0.1, -0.05) is 30.3 Å². The van der Waals surface area contributed by atoms with E-state index in [2.05, 4.69) is 0 Å². The fourth-order valence-corrected chi connectivity index (χ4v) is 2.16. The fraction of sp³-hybridized carbons (Fsp3) is 0.176. The SMILES string of the molecule is Cc1cc(C(=O)C(=O)O)cc(C)c1OCc1ccccc1. The number of ketones is 1. The molecule has 0 aliphatic rings. The fourth-order valence-electron chi connectivity index (χ4n) is 2.16. The van der Waals surface area contributed by atoms with Crippen LogP contribution in [-0.2, 0) is 11.4 Å². The lowest BCUT2D eigenvalue weighted by molar-refractivity contribution is -0.131. The lowest BCUT2D eigenvalue weighted by Gasteiger charge is -2.13. The number of aryl methyl sites for hydroxylation is 2. The summed E-state index contributed by atoms with van der Waals surface area (Å²) in [7, 11) is 0. The summed E-state index contributed by atoms with van der Waals surface area (Å²) in [6.07, 6.45) is 0. The first-order chi connectivity index (χ1) is 9.99. The molecule has 0 atom stereocenters. The number of aliphatic carboxylic acids is 1. The van der Waals surface area contributed by atoms with Crippen LogP contribution in [0.15, 0.2) is 42.5 Å². The smallest absolute Gasteiger partial charge is 0.377 e. The molecule has 0 radical (unpaired) electrons. The van der Waals surface area contributed by atoms with Gasteiger partial charge in [-0.25, -0.2) is 4.79 Å². The number of rotatable bonds is 5. The quantitative estimate of drug-likeness (QED) is 0.676. The average molecular weight is 284 g/mol. The molecule has 2 rings (SSSR count). The van der Waals surface area contributed by atoms with E-state index < -0.39 is 11.8 Å². The average Bonchev–Trinajstić information content (AvgIpc) is 2.46. The van der Waals surface area contributed by atoms with E-state index in [0.29, 0.717) is 12.4 Å². The van der Waals surface area contributed by atoms with Crippen LogP contribution in [-0.4, -0.2) is 16.9 Å². The number of carboxylic acids is 1. The topological polar surface area (TPSA) is 63.6 Å². The number of carboxylic acid groups (broad SMARTS) is 1. The molecule has 0 heterocycles. The Bertz CT molecular complexity index is 651. The Hall–Kier alpha value is -2.62. The summed E-state index contributed by atoms with van der Waals surface area (Å²) >= 11 is 0. The van der Waals surface area contributed by atoms with Crippen LogP contribution in [0.3, 0.4) is 0 Å². The number of benzene rings is 2. The molecule has 0 bridgehead atoms. The lowest BCUT2D eigenvalue weighted by atomic mass is 10.0. The lowest BCUT2D eigenvalue weighted by Crippen LogP contribution is -2.13. The first kappa shape index (κ1) is 14.8. The summed E-state index contributed by atoms with van der Waals surface area (Å²) in [5.74, 6) is -1.68. The van der Waals surface area contributed by atoms with Crippen molar-refractivity contribution in [1.82, 2.24) is 0 Å². The predicted molar refractivity (Wildman–Crippen MR) is 78.7 cm³/mol. The first-order valence-corrected chi connectivity index (χ1v) is 6.54. The van der Waals surface area contributed by atoms with Gasteiger partial charge in [0.25, 0.3) is 5.78 Å². The van der Waals surface area contributed by atoms with Crippen LogP contribution in [0.5, 0.6) is 5.75 Å². The van der Waals surface area contributed by atoms with E-state index in [4.69, 9.17) is 9.84 Å². The van der Waals surface area contributed by atoms with Gasteiger partial charge in [0.15, 0.2) is 0 Å². The highest BCUT2D eigenvalue weighted by atomic mass is 16.5. The van der Waals surface area contributed by atoms with E-state index in [-0.39, 0.29) is 5.56 Å². The number of hydrogen-bond donors (Lipinski definition) is 1. The van der Waals surface area contributed by atoms with E-state index >= 15 is 0 Å². The van der Waals surface area contributed by atoms with Crippen LogP contribution < -0.4 is 4.74 Å². The third-order valence-electron chi connectivity index (χ3n) is 3.14. The molecule has 0 aromatic heterocycles. The molecule has 0 saturated heterocycles. The van der Waals surface area contributed by atoms with Crippen molar-refractivity contribution >= 4 is 11.8 Å². The van der Waals surface area contributed by atoms with Gasteiger partial charge in [0, 0.05) is 5.56 Å². The minimum absolute atomic E-state index is 0.171. The number of carbonyl (C=O) groups is 2. The molecule has 0 aliphatic heterocycles. The molecule has 1 N–H and O–H groups in total. The second-order valence-electron chi connectivity index (χ2n) is 4.85. The van der Waals surface area contributed by atoms with Crippen molar-refractivity contribution in [2.45, 2.75) is 20.5 Å². The van der Waals surface area contributed by atoms with Gasteiger partial charge in [0.2, 0.25) is 0 Å². The predicted octanol–water partition coefficient (Wildman–Crippen LogP) is 3.15. The van der Waals surface area contributed by atoms with E-state index in [1.807, 2.05) is 30.3 Å². The van der Waals surface area contributed by atoms with Gasteiger partial charge >= 0.3 is 5.97 Å². The second-order valence-corrected chi connectivity index (χ2v) is 4.85. The van der Waals surface area contributed by atoms with Gasteiger partial charge in [0.1, 0.15) is 12.4 Å². The molecule has 0 spiro atoms. The standard InChI is InChI=1S/C17H16O4/c1-11-8-14(15(18)17(19)20)9-12(2)16(11)21-10-13-6-4-3-5-7-13/h3-9H,10H2,1-2H3,(H,19,20). The normalized spacial score (nSPS) is 10.2. The summed E-state index contributed by atoms with van der Waals surface area (Å²) in [4.78, 5) is 22.2. The highest BCUT2D eigenvalue weighted by Gasteiger charge is 2.17. The molecule has 0 amide bonds.